The number of aromatic amines is 1. The predicted octanol–water partition coefficient (Wildman–Crippen LogP) is 3.10. The first-order valence-electron chi connectivity index (χ1n) is 7.80. The fourth-order valence-electron chi connectivity index (χ4n) is 2.81. The summed E-state index contributed by atoms with van der Waals surface area (Å²) >= 11 is 0. The fourth-order valence-corrected chi connectivity index (χ4v) is 2.81. The maximum Gasteiger partial charge on any atom is 0.226 e. The van der Waals surface area contributed by atoms with Gasteiger partial charge >= 0.3 is 0 Å². The molecule has 2 N–H and O–H groups in total. The Morgan fingerprint density at radius 1 is 1.21 bits per heavy atom. The lowest BCUT2D eigenvalue weighted by Crippen LogP contribution is -2.27. The lowest BCUT2D eigenvalue weighted by atomic mass is 9.94. The number of rotatable bonds is 4. The molecular formula is C17H16FN5O. The number of fused-ring (bicyclic) bond motifs is 1. The smallest absolute Gasteiger partial charge is 0.226 e. The van der Waals surface area contributed by atoms with Crippen molar-refractivity contribution in [3.8, 4) is 11.6 Å². The second-order valence-electron chi connectivity index (χ2n) is 5.73. The number of halogens is 1. The highest BCUT2D eigenvalue weighted by Crippen LogP contribution is 2.23. The van der Waals surface area contributed by atoms with Crippen LogP contribution in [0.4, 0.5) is 10.3 Å². The third-order valence-electron chi connectivity index (χ3n) is 4.02. The van der Waals surface area contributed by atoms with Crippen LogP contribution in [0.1, 0.15) is 17.7 Å². The van der Waals surface area contributed by atoms with Gasteiger partial charge in [0.15, 0.2) is 0 Å². The van der Waals surface area contributed by atoms with Crippen LogP contribution in [0.2, 0.25) is 0 Å². The Morgan fingerprint density at radius 2 is 2.08 bits per heavy atom. The van der Waals surface area contributed by atoms with Crippen LogP contribution in [-0.2, 0) is 12.8 Å². The minimum Gasteiger partial charge on any atom is -0.439 e. The lowest BCUT2D eigenvalue weighted by molar-refractivity contribution is 0.460. The van der Waals surface area contributed by atoms with Crippen LogP contribution in [0.25, 0.3) is 0 Å². The summed E-state index contributed by atoms with van der Waals surface area (Å²) in [6, 6.07) is 7.75. The van der Waals surface area contributed by atoms with Crippen LogP contribution in [0.3, 0.4) is 0 Å². The Bertz CT molecular complexity index is 833. The summed E-state index contributed by atoms with van der Waals surface area (Å²) in [7, 11) is 0. The zero-order chi connectivity index (χ0) is 16.4. The van der Waals surface area contributed by atoms with Gasteiger partial charge in [0, 0.05) is 24.0 Å². The Kier molecular flexibility index (Phi) is 3.82. The summed E-state index contributed by atoms with van der Waals surface area (Å²) in [6.45, 7) is 0. The van der Waals surface area contributed by atoms with Crippen molar-refractivity contribution < 1.29 is 9.13 Å². The SMILES string of the molecule is Fc1ccc(Oc2ccnc(NC3CCc4[nH]ncc4C3)n2)cc1. The van der Waals surface area contributed by atoms with Crippen molar-refractivity contribution in [3.05, 3.63) is 59.8 Å². The summed E-state index contributed by atoms with van der Waals surface area (Å²) < 4.78 is 18.6. The van der Waals surface area contributed by atoms with Crippen LogP contribution in [0.5, 0.6) is 11.6 Å². The first-order chi connectivity index (χ1) is 11.8. The number of hydrogen-bond donors (Lipinski definition) is 2. The van der Waals surface area contributed by atoms with Gasteiger partial charge in [-0.15, -0.1) is 0 Å². The van der Waals surface area contributed by atoms with Gasteiger partial charge in [-0.05, 0) is 49.1 Å². The van der Waals surface area contributed by atoms with E-state index in [2.05, 4.69) is 25.5 Å². The molecule has 0 saturated carbocycles. The normalized spacial score (nSPS) is 16.5. The van der Waals surface area contributed by atoms with Crippen molar-refractivity contribution in [3.63, 3.8) is 0 Å². The van der Waals surface area contributed by atoms with Gasteiger partial charge in [-0.2, -0.15) is 10.1 Å². The number of nitrogens with one attached hydrogen (secondary N) is 2. The topological polar surface area (TPSA) is 75.7 Å². The maximum atomic E-state index is 12.9. The van der Waals surface area contributed by atoms with Gasteiger partial charge in [-0.3, -0.25) is 5.10 Å². The van der Waals surface area contributed by atoms with Crippen LogP contribution >= 0.6 is 0 Å². The van der Waals surface area contributed by atoms with Crippen molar-refractivity contribution >= 4 is 5.95 Å². The molecule has 1 atom stereocenters. The molecule has 24 heavy (non-hydrogen) atoms. The third kappa shape index (κ3) is 3.19. The molecule has 1 aliphatic rings. The van der Waals surface area contributed by atoms with Crippen molar-refractivity contribution in [2.75, 3.05) is 5.32 Å². The maximum absolute atomic E-state index is 12.9. The van der Waals surface area contributed by atoms with E-state index in [9.17, 15) is 4.39 Å². The van der Waals surface area contributed by atoms with Gasteiger partial charge in [-0.25, -0.2) is 9.37 Å². The number of nitrogens with zero attached hydrogens (tertiary/aromatic N) is 3. The van der Waals surface area contributed by atoms with E-state index in [0.717, 1.165) is 19.3 Å². The Balaban J connectivity index is 1.44. The average Bonchev–Trinajstić information content (AvgIpc) is 3.05. The quantitative estimate of drug-likeness (QED) is 0.771. The van der Waals surface area contributed by atoms with E-state index < -0.39 is 0 Å². The number of aromatic nitrogens is 4. The Hall–Kier alpha value is -2.96. The van der Waals surface area contributed by atoms with E-state index in [-0.39, 0.29) is 11.9 Å². The summed E-state index contributed by atoms with van der Waals surface area (Å²) in [5.74, 6) is 1.16. The second kappa shape index (κ2) is 6.27. The molecule has 0 radical (unpaired) electrons. The van der Waals surface area contributed by atoms with Gasteiger partial charge in [0.1, 0.15) is 11.6 Å². The second-order valence-corrected chi connectivity index (χ2v) is 5.73. The number of benzene rings is 1. The molecule has 2 heterocycles. The Labute approximate surface area is 138 Å². The highest BCUT2D eigenvalue weighted by molar-refractivity contribution is 5.34. The molecule has 122 valence electrons. The number of ether oxygens (including phenoxy) is 1. The van der Waals surface area contributed by atoms with E-state index in [0.29, 0.717) is 17.6 Å². The summed E-state index contributed by atoms with van der Waals surface area (Å²) in [4.78, 5) is 8.61. The summed E-state index contributed by atoms with van der Waals surface area (Å²) in [6.07, 6.45) is 6.34. The standard InChI is InChI=1S/C17H16FN5O/c18-12-1-4-14(5-2-12)24-16-7-8-19-17(22-16)21-13-3-6-15-11(9-13)10-20-23-15/h1-2,4-5,7-8,10,13H,3,6,9H2,(H,20,23)(H,19,21,22). The first-order valence-corrected chi connectivity index (χ1v) is 7.80. The van der Waals surface area contributed by atoms with E-state index >= 15 is 0 Å². The fraction of sp³-hybridized carbons (Fsp3) is 0.235. The zero-order valence-electron chi connectivity index (χ0n) is 12.9. The molecule has 0 spiro atoms. The number of anilines is 1. The molecule has 0 saturated heterocycles. The molecule has 1 aliphatic carbocycles. The molecule has 6 nitrogen and oxygen atoms in total. The van der Waals surface area contributed by atoms with Crippen LogP contribution < -0.4 is 10.1 Å². The molecule has 7 heteroatoms. The van der Waals surface area contributed by atoms with Crippen molar-refractivity contribution in [1.82, 2.24) is 20.2 Å². The van der Waals surface area contributed by atoms with Gasteiger partial charge in [0.2, 0.25) is 11.8 Å². The zero-order valence-corrected chi connectivity index (χ0v) is 12.9. The molecule has 0 aliphatic heterocycles. The summed E-state index contributed by atoms with van der Waals surface area (Å²) in [5, 5.41) is 10.5. The molecule has 2 aromatic heterocycles. The molecule has 1 unspecified atom stereocenters. The lowest BCUT2D eigenvalue weighted by Gasteiger charge is -2.22. The largest absolute Gasteiger partial charge is 0.439 e. The minimum absolute atomic E-state index is 0.260. The van der Waals surface area contributed by atoms with Crippen molar-refractivity contribution in [2.45, 2.75) is 25.3 Å². The molecule has 4 rings (SSSR count). The molecular weight excluding hydrogens is 309 g/mol. The van der Waals surface area contributed by atoms with E-state index in [4.69, 9.17) is 4.74 Å². The monoisotopic (exact) mass is 325 g/mol. The van der Waals surface area contributed by atoms with Crippen LogP contribution in [0, 0.1) is 5.82 Å². The van der Waals surface area contributed by atoms with Crippen LogP contribution in [0.15, 0.2) is 42.7 Å². The Morgan fingerprint density at radius 3 is 2.96 bits per heavy atom. The highest BCUT2D eigenvalue weighted by Gasteiger charge is 2.20. The van der Waals surface area contributed by atoms with Crippen molar-refractivity contribution in [2.24, 2.45) is 0 Å². The van der Waals surface area contributed by atoms with Gasteiger partial charge < -0.3 is 10.1 Å². The highest BCUT2D eigenvalue weighted by atomic mass is 19.1. The number of H-pyrrole nitrogens is 1. The minimum atomic E-state index is -0.302. The van der Waals surface area contributed by atoms with Gasteiger partial charge in [-0.1, -0.05) is 0 Å². The predicted molar refractivity (Wildman–Crippen MR) is 86.5 cm³/mol. The van der Waals surface area contributed by atoms with Gasteiger partial charge in [0.25, 0.3) is 0 Å². The molecule has 0 bridgehead atoms. The molecule has 0 fully saturated rings. The van der Waals surface area contributed by atoms with Crippen molar-refractivity contribution in [1.29, 1.82) is 0 Å². The van der Waals surface area contributed by atoms with Gasteiger partial charge in [0.05, 0.1) is 6.20 Å². The van der Waals surface area contributed by atoms with Crippen LogP contribution in [-0.4, -0.2) is 26.2 Å². The van der Waals surface area contributed by atoms with E-state index in [1.807, 2.05) is 6.20 Å². The summed E-state index contributed by atoms with van der Waals surface area (Å²) in [5.41, 5.74) is 2.44. The van der Waals surface area contributed by atoms with E-state index in [1.165, 1.54) is 23.4 Å². The molecule has 3 aromatic rings. The first kappa shape index (κ1) is 14.6. The third-order valence-corrected chi connectivity index (χ3v) is 4.02. The molecule has 0 amide bonds. The average molecular weight is 325 g/mol. The number of hydrogen-bond acceptors (Lipinski definition) is 5. The molecule has 1 aromatic carbocycles. The van der Waals surface area contributed by atoms with E-state index in [1.54, 1.807) is 24.4 Å². The number of aryl methyl sites for hydroxylation is 1.